The molecule has 4 N–H and O–H groups in total. The maximum atomic E-state index is 10.8. The van der Waals surface area contributed by atoms with Crippen molar-refractivity contribution in [3.05, 3.63) is 22.8 Å². The van der Waals surface area contributed by atoms with Crippen LogP contribution in [0.4, 0.5) is 0 Å². The molecular weight excluding hydrogens is 236 g/mol. The van der Waals surface area contributed by atoms with Crippen LogP contribution in [-0.2, 0) is 19.2 Å². The van der Waals surface area contributed by atoms with E-state index in [1.807, 2.05) is 0 Å². The zero-order valence-electron chi connectivity index (χ0n) is 8.50. The Morgan fingerprint density at radius 2 is 1.29 bits per heavy atom. The molecule has 0 spiro atoms. The third kappa shape index (κ3) is 3.78. The van der Waals surface area contributed by atoms with Gasteiger partial charge in [0.15, 0.2) is 0 Å². The Labute approximate surface area is 94.1 Å². The second-order valence-electron chi connectivity index (χ2n) is 2.81. The quantitative estimate of drug-likeness (QED) is 0.375. The van der Waals surface area contributed by atoms with Gasteiger partial charge in [-0.05, 0) is 6.92 Å². The van der Waals surface area contributed by atoms with E-state index in [9.17, 15) is 19.2 Å². The topological polar surface area (TPSA) is 149 Å². The fourth-order valence-electron chi connectivity index (χ4n) is 0.949. The lowest BCUT2D eigenvalue weighted by Gasteiger charge is -2.05. The van der Waals surface area contributed by atoms with Crippen molar-refractivity contribution in [3.8, 4) is 0 Å². The maximum absolute atomic E-state index is 10.8. The molecule has 0 saturated heterocycles. The van der Waals surface area contributed by atoms with Crippen LogP contribution in [-0.4, -0.2) is 44.3 Å². The largest absolute Gasteiger partial charge is 0.478 e. The van der Waals surface area contributed by atoms with Gasteiger partial charge in [0.25, 0.3) is 0 Å². The summed E-state index contributed by atoms with van der Waals surface area (Å²) in [7, 11) is 0. The van der Waals surface area contributed by atoms with Gasteiger partial charge in [-0.2, -0.15) is 0 Å². The monoisotopic (exact) mass is 244 g/mol. The lowest BCUT2D eigenvalue weighted by atomic mass is 10.0. The highest BCUT2D eigenvalue weighted by atomic mass is 16.4. The summed E-state index contributed by atoms with van der Waals surface area (Å²) in [6.45, 7) is 0.865. The minimum absolute atomic E-state index is 0.123. The van der Waals surface area contributed by atoms with E-state index in [1.54, 1.807) is 0 Å². The minimum atomic E-state index is -1.84. The van der Waals surface area contributed by atoms with E-state index < -0.39 is 40.6 Å². The fraction of sp³-hybridized carbons (Fsp3) is 0.111. The van der Waals surface area contributed by atoms with Gasteiger partial charge in [-0.15, -0.1) is 0 Å². The molecule has 8 heteroatoms. The van der Waals surface area contributed by atoms with Crippen LogP contribution in [0.25, 0.3) is 0 Å². The molecule has 0 atom stereocenters. The molecule has 0 unspecified atom stereocenters. The van der Waals surface area contributed by atoms with E-state index in [2.05, 4.69) is 0 Å². The van der Waals surface area contributed by atoms with Gasteiger partial charge >= 0.3 is 23.9 Å². The summed E-state index contributed by atoms with van der Waals surface area (Å²) in [6.07, 6.45) is 0.123. The van der Waals surface area contributed by atoms with Crippen molar-refractivity contribution < 1.29 is 39.6 Å². The highest BCUT2D eigenvalue weighted by Gasteiger charge is 2.26. The predicted molar refractivity (Wildman–Crippen MR) is 51.3 cm³/mol. The SMILES string of the molecule is CC(C(=O)O)=C(C(=O)O)C(=CC(=O)O)C(=O)O. The Bertz CT molecular complexity index is 454. The highest BCUT2D eigenvalue weighted by molar-refractivity contribution is 6.12. The molecule has 0 radical (unpaired) electrons. The molecule has 0 aliphatic carbocycles. The first-order valence-electron chi connectivity index (χ1n) is 4.04. The summed E-state index contributed by atoms with van der Waals surface area (Å²) in [5.74, 6) is -7.02. The second-order valence-corrected chi connectivity index (χ2v) is 2.81. The summed E-state index contributed by atoms with van der Waals surface area (Å²) in [5.41, 5.74) is -2.95. The van der Waals surface area contributed by atoms with Crippen LogP contribution in [0.2, 0.25) is 0 Å². The molecule has 0 fully saturated rings. The number of carboxylic acid groups (broad SMARTS) is 4. The van der Waals surface area contributed by atoms with Gasteiger partial charge in [0.2, 0.25) is 0 Å². The van der Waals surface area contributed by atoms with E-state index in [1.165, 1.54) is 0 Å². The molecule has 0 rings (SSSR count). The van der Waals surface area contributed by atoms with Gasteiger partial charge in [0, 0.05) is 11.6 Å². The summed E-state index contributed by atoms with van der Waals surface area (Å²) in [5, 5.41) is 34.3. The Morgan fingerprint density at radius 1 is 0.824 bits per heavy atom. The van der Waals surface area contributed by atoms with Gasteiger partial charge < -0.3 is 20.4 Å². The zero-order chi connectivity index (χ0) is 13.7. The molecule has 0 bridgehead atoms. The first-order valence-corrected chi connectivity index (χ1v) is 4.04. The molecule has 0 saturated carbocycles. The Balaban J connectivity index is 6.02. The molecule has 0 aliphatic heterocycles. The number of carbonyl (C=O) groups is 4. The van der Waals surface area contributed by atoms with E-state index in [4.69, 9.17) is 20.4 Å². The molecule has 92 valence electrons. The summed E-state index contributed by atoms with van der Waals surface area (Å²) in [4.78, 5) is 42.3. The average Bonchev–Trinajstić information content (AvgIpc) is 2.14. The van der Waals surface area contributed by atoms with Crippen molar-refractivity contribution in [2.75, 3.05) is 0 Å². The molecule has 0 heterocycles. The number of aliphatic carboxylic acids is 4. The molecule has 0 amide bonds. The van der Waals surface area contributed by atoms with E-state index in [0.717, 1.165) is 6.92 Å². The molecule has 0 aromatic heterocycles. The molecule has 0 aromatic carbocycles. The molecular formula is C9H8O8. The number of rotatable bonds is 5. The van der Waals surface area contributed by atoms with Crippen LogP contribution in [0.5, 0.6) is 0 Å². The van der Waals surface area contributed by atoms with Crippen LogP contribution in [0.1, 0.15) is 6.92 Å². The van der Waals surface area contributed by atoms with Crippen LogP contribution in [0, 0.1) is 0 Å². The standard InChI is InChI=1S/C9H8O8/c1-3(7(12)13)6(9(16)17)4(8(14)15)2-5(10)11/h2H,1H3,(H,10,11)(H,12,13)(H,14,15)(H,16,17). The summed E-state index contributed by atoms with van der Waals surface area (Å²) in [6, 6.07) is 0. The minimum Gasteiger partial charge on any atom is -0.478 e. The second kappa shape index (κ2) is 5.45. The lowest BCUT2D eigenvalue weighted by molar-refractivity contribution is -0.137. The molecule has 17 heavy (non-hydrogen) atoms. The van der Waals surface area contributed by atoms with Crippen LogP contribution >= 0.6 is 0 Å². The average molecular weight is 244 g/mol. The number of hydrogen-bond acceptors (Lipinski definition) is 4. The third-order valence-electron chi connectivity index (χ3n) is 1.68. The Hall–Kier alpha value is -2.64. The molecule has 8 nitrogen and oxygen atoms in total. The van der Waals surface area contributed by atoms with Crippen molar-refractivity contribution >= 4 is 23.9 Å². The van der Waals surface area contributed by atoms with Gasteiger partial charge in [-0.25, -0.2) is 19.2 Å². The molecule has 0 aliphatic rings. The van der Waals surface area contributed by atoms with E-state index >= 15 is 0 Å². The Kier molecular flexibility index (Phi) is 4.60. The highest BCUT2D eigenvalue weighted by Crippen LogP contribution is 2.16. The van der Waals surface area contributed by atoms with Crippen molar-refractivity contribution in [1.82, 2.24) is 0 Å². The summed E-state index contributed by atoms with van der Waals surface area (Å²) < 4.78 is 0. The lowest BCUT2D eigenvalue weighted by Crippen LogP contribution is -2.17. The first kappa shape index (κ1) is 14.4. The van der Waals surface area contributed by atoms with Crippen molar-refractivity contribution in [2.24, 2.45) is 0 Å². The van der Waals surface area contributed by atoms with Crippen LogP contribution < -0.4 is 0 Å². The van der Waals surface area contributed by atoms with Gasteiger partial charge in [-0.3, -0.25) is 0 Å². The van der Waals surface area contributed by atoms with Crippen molar-refractivity contribution in [1.29, 1.82) is 0 Å². The van der Waals surface area contributed by atoms with Gasteiger partial charge in [0.1, 0.15) is 0 Å². The fourth-order valence-corrected chi connectivity index (χ4v) is 0.949. The van der Waals surface area contributed by atoms with Gasteiger partial charge in [-0.1, -0.05) is 0 Å². The van der Waals surface area contributed by atoms with Crippen LogP contribution in [0.3, 0.4) is 0 Å². The normalized spacial score (nSPS) is 12.6. The maximum Gasteiger partial charge on any atom is 0.337 e. The first-order chi connectivity index (χ1) is 7.68. The number of carboxylic acids is 4. The van der Waals surface area contributed by atoms with Gasteiger partial charge in [0.05, 0.1) is 11.1 Å². The van der Waals surface area contributed by atoms with E-state index in [0.29, 0.717) is 0 Å². The molecule has 0 aromatic rings. The van der Waals surface area contributed by atoms with Crippen LogP contribution in [0.15, 0.2) is 22.8 Å². The zero-order valence-corrected chi connectivity index (χ0v) is 8.50. The summed E-state index contributed by atoms with van der Waals surface area (Å²) >= 11 is 0. The smallest absolute Gasteiger partial charge is 0.337 e. The number of hydrogen-bond donors (Lipinski definition) is 4. The van der Waals surface area contributed by atoms with E-state index in [-0.39, 0.29) is 6.08 Å². The third-order valence-corrected chi connectivity index (χ3v) is 1.68. The van der Waals surface area contributed by atoms with Crippen molar-refractivity contribution in [2.45, 2.75) is 6.92 Å². The predicted octanol–water partition coefficient (Wildman–Crippen LogP) is -0.432. The Morgan fingerprint density at radius 3 is 1.53 bits per heavy atom. The van der Waals surface area contributed by atoms with Crippen molar-refractivity contribution in [3.63, 3.8) is 0 Å².